The average Bonchev–Trinajstić information content (AvgIpc) is 3.55. The quantitative estimate of drug-likeness (QED) is 0.391. The van der Waals surface area contributed by atoms with Crippen molar-refractivity contribution in [3.8, 4) is 0 Å². The Morgan fingerprint density at radius 3 is 1.76 bits per heavy atom. The second-order valence-electron chi connectivity index (χ2n) is 10.4. The van der Waals surface area contributed by atoms with Gasteiger partial charge < -0.3 is 25.0 Å². The number of carboxylic acid groups (broad SMARTS) is 3. The van der Waals surface area contributed by atoms with Crippen LogP contribution in [0.15, 0.2) is 16.8 Å². The number of rotatable bonds is 4. The molecule has 0 amide bonds. The van der Waals surface area contributed by atoms with Crippen LogP contribution in [0, 0.1) is 0 Å². The largest absolute Gasteiger partial charge is 0.490 e. The second kappa shape index (κ2) is 17.3. The van der Waals surface area contributed by atoms with Crippen molar-refractivity contribution in [2.75, 3.05) is 52.9 Å². The van der Waals surface area contributed by atoms with E-state index in [1.165, 1.54) is 64.0 Å². The lowest BCUT2D eigenvalue weighted by atomic mass is 9.90. The van der Waals surface area contributed by atoms with Crippen molar-refractivity contribution in [3.63, 3.8) is 0 Å². The summed E-state index contributed by atoms with van der Waals surface area (Å²) < 4.78 is 102. The third-order valence-corrected chi connectivity index (χ3v) is 7.47. The van der Waals surface area contributed by atoms with Crippen LogP contribution < -0.4 is 0 Å². The molecule has 260 valence electrons. The Hall–Kier alpha value is -2.68. The molecule has 4 rings (SSSR count). The van der Waals surface area contributed by atoms with Crippen molar-refractivity contribution < 1.29 is 74.0 Å². The number of halogens is 9. The first-order chi connectivity index (χ1) is 20.5. The van der Waals surface area contributed by atoms with Crippen molar-refractivity contribution in [1.29, 1.82) is 0 Å². The monoisotopic (exact) mass is 691 g/mol. The van der Waals surface area contributed by atoms with Gasteiger partial charge in [-0.2, -0.15) is 50.9 Å². The van der Waals surface area contributed by atoms with Crippen molar-refractivity contribution in [1.82, 2.24) is 14.7 Å². The molecular formula is C25H34F9N3O7S. The van der Waals surface area contributed by atoms with Crippen molar-refractivity contribution in [2.24, 2.45) is 0 Å². The number of likely N-dealkylation sites (N-methyl/N-ethyl adjacent to an activating group) is 1. The molecule has 1 aromatic heterocycles. The summed E-state index contributed by atoms with van der Waals surface area (Å²) in [7, 11) is 2.23. The summed E-state index contributed by atoms with van der Waals surface area (Å²) in [5.41, 5.74) is 1.60. The highest BCUT2D eigenvalue weighted by Gasteiger charge is 2.43. The molecule has 0 aromatic carbocycles. The molecule has 1 aromatic rings. The summed E-state index contributed by atoms with van der Waals surface area (Å²) in [6, 6.07) is 2.26. The van der Waals surface area contributed by atoms with Gasteiger partial charge in [0.05, 0.1) is 11.7 Å². The molecule has 3 fully saturated rings. The first kappa shape index (κ1) is 40.3. The standard InChI is InChI=1S/C19H31N3OS.3C2HF3O2/c1-20-8-10-21(11-9-20)14-18-3-2-5-19(23-18)6-7-22(16-19)13-17-4-12-24-15-17;3*3-2(4,5)1(6)7/h4,12,15,18H,2-3,5-11,13-14,16H2,1H3;3*(H,6,7)/t18-,19-;;;/m1.../s1. The number of nitrogens with zero attached hydrogens (tertiary/aromatic N) is 3. The van der Waals surface area contributed by atoms with E-state index in [1.54, 1.807) is 11.3 Å². The summed E-state index contributed by atoms with van der Waals surface area (Å²) in [6.45, 7) is 9.36. The van der Waals surface area contributed by atoms with E-state index in [1.807, 2.05) is 0 Å². The van der Waals surface area contributed by atoms with Crippen LogP contribution in [-0.4, -0.2) is 131 Å². The highest BCUT2D eigenvalue weighted by molar-refractivity contribution is 7.07. The van der Waals surface area contributed by atoms with E-state index < -0.39 is 36.4 Å². The molecule has 3 N–H and O–H groups in total. The molecule has 4 heterocycles. The van der Waals surface area contributed by atoms with E-state index in [0.717, 1.165) is 19.6 Å². The number of thiophene rings is 1. The Morgan fingerprint density at radius 2 is 1.33 bits per heavy atom. The van der Waals surface area contributed by atoms with Crippen LogP contribution in [0.1, 0.15) is 31.2 Å². The molecule has 0 aliphatic carbocycles. The van der Waals surface area contributed by atoms with E-state index in [0.29, 0.717) is 6.10 Å². The maximum Gasteiger partial charge on any atom is 0.490 e. The van der Waals surface area contributed by atoms with Gasteiger partial charge in [0.15, 0.2) is 0 Å². The van der Waals surface area contributed by atoms with Gasteiger partial charge in [-0.1, -0.05) is 0 Å². The van der Waals surface area contributed by atoms with Crippen molar-refractivity contribution in [3.05, 3.63) is 22.4 Å². The first-order valence-electron chi connectivity index (χ1n) is 13.3. The Kier molecular flexibility index (Phi) is 15.5. The lowest BCUT2D eigenvalue weighted by Crippen LogP contribution is -2.51. The molecule has 3 aliphatic rings. The van der Waals surface area contributed by atoms with Gasteiger partial charge in [-0.05, 0) is 55.1 Å². The molecule has 3 saturated heterocycles. The predicted octanol–water partition coefficient (Wildman–Crippen LogP) is 4.41. The number of likely N-dealkylation sites (tertiary alicyclic amines) is 1. The summed E-state index contributed by atoms with van der Waals surface area (Å²) >= 11 is 1.80. The minimum Gasteiger partial charge on any atom is -0.475 e. The van der Waals surface area contributed by atoms with Crippen LogP contribution in [0.25, 0.3) is 0 Å². The number of piperazine rings is 1. The molecule has 3 aliphatic heterocycles. The average molecular weight is 692 g/mol. The van der Waals surface area contributed by atoms with Crippen molar-refractivity contribution >= 4 is 29.2 Å². The molecular weight excluding hydrogens is 657 g/mol. The van der Waals surface area contributed by atoms with Crippen molar-refractivity contribution in [2.45, 2.75) is 62.5 Å². The number of alkyl halides is 9. The number of carboxylic acids is 3. The zero-order valence-electron chi connectivity index (χ0n) is 23.9. The minimum absolute atomic E-state index is 0.144. The van der Waals surface area contributed by atoms with Gasteiger partial charge in [0, 0.05) is 52.4 Å². The van der Waals surface area contributed by atoms with E-state index in [4.69, 9.17) is 34.4 Å². The highest BCUT2D eigenvalue weighted by Crippen LogP contribution is 2.37. The van der Waals surface area contributed by atoms with Crippen LogP contribution in [0.3, 0.4) is 0 Å². The van der Waals surface area contributed by atoms with Crippen LogP contribution in [0.5, 0.6) is 0 Å². The lowest BCUT2D eigenvalue weighted by molar-refractivity contribution is -0.193. The molecule has 1 spiro atoms. The SMILES string of the molecule is CN1CCN(C[C@H]2CCC[C@]3(CCN(Cc4ccsc4)C3)O2)CC1.O=C(O)C(F)(F)F.O=C(O)C(F)(F)F.O=C(O)C(F)(F)F. The molecule has 0 radical (unpaired) electrons. The van der Waals surface area contributed by atoms with Crippen LogP contribution >= 0.6 is 11.3 Å². The number of hydrogen-bond donors (Lipinski definition) is 3. The Balaban J connectivity index is 0.000000396. The van der Waals surface area contributed by atoms with Gasteiger partial charge in [0.2, 0.25) is 0 Å². The Bertz CT molecular complexity index is 1010. The third kappa shape index (κ3) is 15.9. The normalized spacial score (nSPS) is 23.1. The van der Waals surface area contributed by atoms with Gasteiger partial charge in [0.1, 0.15) is 0 Å². The van der Waals surface area contributed by atoms with E-state index >= 15 is 0 Å². The molecule has 0 saturated carbocycles. The Morgan fingerprint density at radius 1 is 0.844 bits per heavy atom. The summed E-state index contributed by atoms with van der Waals surface area (Å²) in [6.07, 6.45) is -9.74. The van der Waals surface area contributed by atoms with Crippen LogP contribution in [0.2, 0.25) is 0 Å². The molecule has 0 bridgehead atoms. The molecule has 20 heteroatoms. The summed E-state index contributed by atoms with van der Waals surface area (Å²) in [4.78, 5) is 34.3. The number of carbonyl (C=O) groups is 3. The fourth-order valence-electron chi connectivity index (χ4n) is 4.57. The zero-order valence-corrected chi connectivity index (χ0v) is 24.7. The van der Waals surface area contributed by atoms with Gasteiger partial charge in [0.25, 0.3) is 0 Å². The van der Waals surface area contributed by atoms with E-state index in [2.05, 4.69) is 38.6 Å². The second-order valence-corrected chi connectivity index (χ2v) is 11.2. The van der Waals surface area contributed by atoms with E-state index in [9.17, 15) is 39.5 Å². The number of ether oxygens (including phenoxy) is 1. The van der Waals surface area contributed by atoms with E-state index in [-0.39, 0.29) is 5.60 Å². The molecule has 2 atom stereocenters. The fraction of sp³-hybridized carbons (Fsp3) is 0.720. The molecule has 10 nitrogen and oxygen atoms in total. The maximum absolute atomic E-state index is 10.6. The van der Waals surface area contributed by atoms with Crippen LogP contribution in [0.4, 0.5) is 39.5 Å². The molecule has 45 heavy (non-hydrogen) atoms. The Labute approximate surface area is 255 Å². The van der Waals surface area contributed by atoms with Gasteiger partial charge in [-0.15, -0.1) is 0 Å². The van der Waals surface area contributed by atoms with Gasteiger partial charge in [-0.25, -0.2) is 14.4 Å². The highest BCUT2D eigenvalue weighted by atomic mass is 32.1. The smallest absolute Gasteiger partial charge is 0.475 e. The third-order valence-electron chi connectivity index (χ3n) is 6.74. The number of hydrogen-bond acceptors (Lipinski definition) is 8. The topological polar surface area (TPSA) is 131 Å². The maximum atomic E-state index is 10.6. The first-order valence-corrected chi connectivity index (χ1v) is 14.2. The summed E-state index contributed by atoms with van der Waals surface area (Å²) in [5, 5.41) is 25.8. The number of aliphatic carboxylic acids is 3. The van der Waals surface area contributed by atoms with Crippen LogP contribution in [-0.2, 0) is 25.7 Å². The lowest BCUT2D eigenvalue weighted by Gasteiger charge is -2.42. The predicted molar refractivity (Wildman–Crippen MR) is 141 cm³/mol. The fourth-order valence-corrected chi connectivity index (χ4v) is 5.23. The summed E-state index contributed by atoms with van der Waals surface area (Å²) in [5.74, 6) is -8.27. The molecule has 0 unspecified atom stereocenters. The van der Waals surface area contributed by atoms with Gasteiger partial charge in [-0.3, -0.25) is 9.80 Å². The van der Waals surface area contributed by atoms with Gasteiger partial charge >= 0.3 is 36.4 Å². The zero-order chi connectivity index (χ0) is 34.6. The minimum atomic E-state index is -5.08.